The lowest BCUT2D eigenvalue weighted by molar-refractivity contribution is -0.133. The standard InChI is InChI=1S/C22H41F9O5Si4/c1-18(19(32)33)10-8-9-14-40(34-37(2,3)15-11-20(23,24)25,35-38(4,5)16-12-21(26,27)28)36-39(6,7)17-13-22(29,30)31/h1,8-17H2,2-7H3,(H,32,33). The Morgan fingerprint density at radius 3 is 1.18 bits per heavy atom. The van der Waals surface area contributed by atoms with Crippen molar-refractivity contribution < 1.29 is 61.8 Å². The molecule has 0 aliphatic carbocycles. The summed E-state index contributed by atoms with van der Waals surface area (Å²) >= 11 is 0. The van der Waals surface area contributed by atoms with Gasteiger partial charge in [0, 0.05) is 30.9 Å². The van der Waals surface area contributed by atoms with Crippen molar-refractivity contribution in [3.8, 4) is 0 Å². The molecular formula is C22H41F9O5Si4. The minimum absolute atomic E-state index is 0.0402. The molecule has 0 aliphatic heterocycles. The highest BCUT2D eigenvalue weighted by atomic mass is 28.5. The van der Waals surface area contributed by atoms with Crippen LogP contribution in [0.5, 0.6) is 0 Å². The number of aliphatic carboxylic acids is 1. The summed E-state index contributed by atoms with van der Waals surface area (Å²) < 4.78 is 136. The number of carbonyl (C=O) groups is 1. The van der Waals surface area contributed by atoms with Crippen LogP contribution in [0.3, 0.4) is 0 Å². The van der Waals surface area contributed by atoms with Gasteiger partial charge in [-0.25, -0.2) is 4.79 Å². The van der Waals surface area contributed by atoms with Gasteiger partial charge in [0.15, 0.2) is 25.0 Å². The van der Waals surface area contributed by atoms with Gasteiger partial charge in [0.05, 0.1) is 0 Å². The SMILES string of the molecule is C=C(CCCC[Si](O[Si](C)(C)CCC(F)(F)F)(O[Si](C)(C)CCC(F)(F)F)O[Si](C)(C)CCC(F)(F)F)C(=O)O. The fraction of sp³-hybridized carbons (Fsp3) is 0.864. The maximum Gasteiger partial charge on any atom is 0.469 e. The molecule has 0 unspecified atom stereocenters. The van der Waals surface area contributed by atoms with E-state index in [1.165, 1.54) is 39.3 Å². The van der Waals surface area contributed by atoms with Crippen LogP contribution in [0.25, 0.3) is 0 Å². The number of alkyl halides is 9. The molecule has 0 spiro atoms. The van der Waals surface area contributed by atoms with Gasteiger partial charge in [-0.05, 0) is 76.7 Å². The third-order valence-corrected chi connectivity index (χ3v) is 21.5. The number of hydrogen-bond donors (Lipinski definition) is 1. The van der Waals surface area contributed by atoms with Gasteiger partial charge < -0.3 is 17.5 Å². The number of rotatable bonds is 18. The maximum atomic E-state index is 13.0. The quantitative estimate of drug-likeness (QED) is 0.0683. The van der Waals surface area contributed by atoms with Crippen LogP contribution >= 0.6 is 0 Å². The fourth-order valence-electron chi connectivity index (χ4n) is 3.75. The number of carboxylic acid groups (broad SMARTS) is 1. The van der Waals surface area contributed by atoms with E-state index in [0.29, 0.717) is 0 Å². The summed E-state index contributed by atoms with van der Waals surface area (Å²) in [6.45, 7) is 12.3. The number of carboxylic acids is 1. The molecule has 0 aromatic heterocycles. The largest absolute Gasteiger partial charge is 0.478 e. The predicted octanol–water partition coefficient (Wildman–Crippen LogP) is 9.26. The lowest BCUT2D eigenvalue weighted by atomic mass is 10.1. The Hall–Kier alpha value is -0.672. The molecule has 0 aliphatic rings. The first-order chi connectivity index (χ1) is 17.6. The zero-order valence-corrected chi connectivity index (χ0v) is 27.8. The molecule has 0 atom stereocenters. The van der Waals surface area contributed by atoms with E-state index in [1.807, 2.05) is 0 Å². The van der Waals surface area contributed by atoms with E-state index in [-0.39, 0.29) is 30.9 Å². The smallest absolute Gasteiger partial charge is 0.469 e. The Morgan fingerprint density at radius 1 is 0.625 bits per heavy atom. The topological polar surface area (TPSA) is 65.0 Å². The van der Waals surface area contributed by atoms with E-state index in [2.05, 4.69) is 6.58 Å². The number of unbranched alkanes of at least 4 members (excludes halogenated alkanes) is 1. The highest BCUT2D eigenvalue weighted by Crippen LogP contribution is 2.38. The molecule has 0 radical (unpaired) electrons. The van der Waals surface area contributed by atoms with E-state index in [4.69, 9.17) is 17.5 Å². The molecular weight excluding hydrogens is 628 g/mol. The van der Waals surface area contributed by atoms with Crippen LogP contribution < -0.4 is 0 Å². The first kappa shape index (κ1) is 39.3. The predicted molar refractivity (Wildman–Crippen MR) is 143 cm³/mol. The monoisotopic (exact) mass is 668 g/mol. The third-order valence-electron chi connectivity index (χ3n) is 5.84. The molecule has 0 saturated carbocycles. The summed E-state index contributed by atoms with van der Waals surface area (Å²) in [5.74, 6) is -1.23. The van der Waals surface area contributed by atoms with Crippen LogP contribution in [0, 0.1) is 0 Å². The van der Waals surface area contributed by atoms with E-state index >= 15 is 0 Å². The summed E-state index contributed by atoms with van der Waals surface area (Å²) in [7, 11) is -14.0. The summed E-state index contributed by atoms with van der Waals surface area (Å²) in [5.41, 5.74) is -0.102. The van der Waals surface area contributed by atoms with Crippen molar-refractivity contribution in [2.45, 2.75) is 121 Å². The van der Waals surface area contributed by atoms with Crippen molar-refractivity contribution in [3.63, 3.8) is 0 Å². The minimum atomic E-state index is -4.50. The Bertz CT molecular complexity index is 750. The van der Waals surface area contributed by atoms with Crippen LogP contribution in [-0.4, -0.2) is 63.4 Å². The number of hydrogen-bond acceptors (Lipinski definition) is 4. The van der Waals surface area contributed by atoms with Gasteiger partial charge in [0.1, 0.15) is 0 Å². The van der Waals surface area contributed by atoms with Crippen molar-refractivity contribution in [1.82, 2.24) is 0 Å². The Balaban J connectivity index is 6.42. The van der Waals surface area contributed by atoms with Crippen molar-refractivity contribution in [1.29, 1.82) is 0 Å². The Kier molecular flexibility index (Phi) is 14.4. The second kappa shape index (κ2) is 14.7. The molecule has 18 heteroatoms. The lowest BCUT2D eigenvalue weighted by Crippen LogP contribution is -2.62. The average molecular weight is 669 g/mol. The molecule has 0 bridgehead atoms. The molecule has 0 saturated heterocycles. The zero-order valence-electron chi connectivity index (χ0n) is 23.8. The molecule has 0 rings (SSSR count). The highest BCUT2D eigenvalue weighted by Gasteiger charge is 2.53. The lowest BCUT2D eigenvalue weighted by Gasteiger charge is -2.45. The molecule has 40 heavy (non-hydrogen) atoms. The van der Waals surface area contributed by atoms with Crippen molar-refractivity contribution >= 4 is 39.7 Å². The maximum absolute atomic E-state index is 13.0. The van der Waals surface area contributed by atoms with Gasteiger partial charge in [-0.15, -0.1) is 0 Å². The van der Waals surface area contributed by atoms with Gasteiger partial charge in [0.25, 0.3) is 0 Å². The van der Waals surface area contributed by atoms with E-state index < -0.39 is 95.6 Å². The molecule has 0 heterocycles. The molecule has 0 amide bonds. The van der Waals surface area contributed by atoms with E-state index in [0.717, 1.165) is 0 Å². The molecule has 0 aromatic rings. The molecule has 1 N–H and O–H groups in total. The van der Waals surface area contributed by atoms with Crippen LogP contribution in [0.2, 0.25) is 63.5 Å². The second-order valence-electron chi connectivity index (χ2n) is 11.7. The average Bonchev–Trinajstić information content (AvgIpc) is 2.70. The Labute approximate surface area is 234 Å². The molecule has 238 valence electrons. The normalized spacial score (nSPS) is 14.5. The van der Waals surface area contributed by atoms with Gasteiger partial charge in [-0.1, -0.05) is 6.58 Å². The zero-order chi connectivity index (χ0) is 31.8. The summed E-state index contributed by atoms with van der Waals surface area (Å²) in [6.07, 6.45) is -16.6. The summed E-state index contributed by atoms with van der Waals surface area (Å²) in [6, 6.07) is -1.33. The van der Waals surface area contributed by atoms with E-state index in [9.17, 15) is 44.3 Å². The van der Waals surface area contributed by atoms with Crippen LogP contribution in [0.4, 0.5) is 39.5 Å². The fourth-order valence-corrected chi connectivity index (χ4v) is 21.3. The highest BCUT2D eigenvalue weighted by molar-refractivity contribution is 6.90. The molecule has 0 aromatic carbocycles. The molecule has 5 nitrogen and oxygen atoms in total. The first-order valence-electron chi connectivity index (χ1n) is 12.8. The first-order valence-corrected chi connectivity index (χ1v) is 24.1. The molecule has 0 fully saturated rings. The minimum Gasteiger partial charge on any atom is -0.478 e. The number of halogens is 9. The van der Waals surface area contributed by atoms with Gasteiger partial charge >= 0.3 is 33.3 Å². The van der Waals surface area contributed by atoms with Gasteiger partial charge in [-0.3, -0.25) is 0 Å². The van der Waals surface area contributed by atoms with Gasteiger partial charge in [0.2, 0.25) is 0 Å². The van der Waals surface area contributed by atoms with Crippen LogP contribution in [0.1, 0.15) is 38.5 Å². The van der Waals surface area contributed by atoms with E-state index in [1.54, 1.807) is 0 Å². The van der Waals surface area contributed by atoms with Crippen LogP contribution in [0.15, 0.2) is 12.2 Å². The third kappa shape index (κ3) is 19.4. The summed E-state index contributed by atoms with van der Waals surface area (Å²) in [4.78, 5) is 11.1. The van der Waals surface area contributed by atoms with Crippen LogP contribution in [-0.2, 0) is 17.1 Å². The second-order valence-corrected chi connectivity index (χ2v) is 28.1. The van der Waals surface area contributed by atoms with Gasteiger partial charge in [-0.2, -0.15) is 39.5 Å². The van der Waals surface area contributed by atoms with Crippen molar-refractivity contribution in [2.24, 2.45) is 0 Å². The summed E-state index contributed by atoms with van der Waals surface area (Å²) in [5, 5.41) is 9.05. The Morgan fingerprint density at radius 2 is 0.925 bits per heavy atom. The van der Waals surface area contributed by atoms with Crippen molar-refractivity contribution in [3.05, 3.63) is 12.2 Å². The van der Waals surface area contributed by atoms with Crippen molar-refractivity contribution in [2.75, 3.05) is 0 Å².